The van der Waals surface area contributed by atoms with Gasteiger partial charge in [0.2, 0.25) is 5.91 Å². The van der Waals surface area contributed by atoms with Crippen molar-refractivity contribution in [1.29, 1.82) is 0 Å². The van der Waals surface area contributed by atoms with Crippen molar-refractivity contribution in [3.05, 3.63) is 23.5 Å². The first kappa shape index (κ1) is 19.7. The molecule has 3 rings (SSSR count). The summed E-state index contributed by atoms with van der Waals surface area (Å²) in [6.07, 6.45) is 1.62. The number of ether oxygens (including phenoxy) is 1. The van der Waals surface area contributed by atoms with Crippen LogP contribution in [0.1, 0.15) is 0 Å². The topological polar surface area (TPSA) is 174 Å². The quantitative estimate of drug-likeness (QED) is 0.165. The van der Waals surface area contributed by atoms with Crippen LogP contribution in [0.15, 0.2) is 23.5 Å². The number of nitrogens with zero attached hydrogens (tertiary/aromatic N) is 3. The molecule has 3 amide bonds. The van der Waals surface area contributed by atoms with E-state index in [2.05, 4.69) is 5.32 Å². The highest BCUT2D eigenvalue weighted by molar-refractivity contribution is 8.00. The number of thioether (sulfide) groups is 1. The largest absolute Gasteiger partial charge is 0.477 e. The maximum atomic E-state index is 12.0. The molecule has 1 fully saturated rings. The lowest BCUT2D eigenvalue weighted by atomic mass is 10.0. The molecule has 0 aliphatic carbocycles. The lowest BCUT2D eigenvalue weighted by Crippen LogP contribution is -2.68. The van der Waals surface area contributed by atoms with Gasteiger partial charge in [0.15, 0.2) is 18.6 Å². The van der Waals surface area contributed by atoms with Crippen LogP contribution in [0.5, 0.6) is 0 Å². The van der Waals surface area contributed by atoms with Crippen molar-refractivity contribution in [2.45, 2.75) is 24.5 Å². The van der Waals surface area contributed by atoms with Gasteiger partial charge in [-0.1, -0.05) is 0 Å². The highest BCUT2D eigenvalue weighted by Crippen LogP contribution is 2.39. The van der Waals surface area contributed by atoms with E-state index in [1.165, 1.54) is 16.7 Å². The number of nitrogens with two attached hydrogens (primary N) is 2. The number of aliphatic carboxylic acids is 1. The second-order valence-corrected chi connectivity index (χ2v) is 7.18. The zero-order chi connectivity index (χ0) is 20.4. The third-order valence-electron chi connectivity index (χ3n) is 4.38. The number of carbonyl (C=O) groups is 4. The van der Waals surface area contributed by atoms with E-state index in [0.29, 0.717) is 23.6 Å². The third kappa shape index (κ3) is 3.53. The van der Waals surface area contributed by atoms with Crippen molar-refractivity contribution in [1.82, 2.24) is 9.58 Å². The van der Waals surface area contributed by atoms with E-state index < -0.39 is 23.9 Å². The van der Waals surface area contributed by atoms with Crippen LogP contribution in [0.3, 0.4) is 0 Å². The molecule has 3 heterocycles. The maximum Gasteiger partial charge on any atom is 0.352 e. The number of β-lactam (4-membered cyclic amide) rings is 1. The van der Waals surface area contributed by atoms with Gasteiger partial charge in [-0.2, -0.15) is 0 Å². The first-order valence-corrected chi connectivity index (χ1v) is 9.26. The standard InChI is InChI=1S/C15H18N6O6S/c16-10-12(23)21-11(14(24)25)8(6-28-13(10)21)5-19-2-1-9(18-15(17)26)20(19)3-4-27-7-22/h1-2,7,10,13H,3-6,16H2,(H3,17,24,25,26)/p+1/t10-,13-/m1/s1. The number of nitrogens with one attached hydrogen (secondary N) is 1. The number of aromatic nitrogens is 2. The number of rotatable bonds is 8. The van der Waals surface area contributed by atoms with Crippen molar-refractivity contribution in [3.63, 3.8) is 0 Å². The molecule has 1 saturated heterocycles. The molecule has 1 aromatic heterocycles. The van der Waals surface area contributed by atoms with Gasteiger partial charge in [0.05, 0.1) is 6.07 Å². The van der Waals surface area contributed by atoms with Crippen LogP contribution in [0.2, 0.25) is 0 Å². The summed E-state index contributed by atoms with van der Waals surface area (Å²) in [6.45, 7) is 0.672. The van der Waals surface area contributed by atoms with E-state index in [1.807, 2.05) is 0 Å². The molecule has 0 aromatic carbocycles. The Balaban J connectivity index is 1.91. The van der Waals surface area contributed by atoms with Crippen molar-refractivity contribution in [3.8, 4) is 0 Å². The molecule has 0 saturated carbocycles. The summed E-state index contributed by atoms with van der Waals surface area (Å²) in [5.74, 6) is -0.907. The first-order chi connectivity index (χ1) is 13.3. The zero-order valence-corrected chi connectivity index (χ0v) is 15.4. The van der Waals surface area contributed by atoms with Gasteiger partial charge in [0, 0.05) is 11.3 Å². The smallest absolute Gasteiger partial charge is 0.352 e. The molecule has 2 aliphatic rings. The van der Waals surface area contributed by atoms with Crippen LogP contribution >= 0.6 is 11.8 Å². The fourth-order valence-electron chi connectivity index (χ4n) is 3.17. The Morgan fingerprint density at radius 2 is 2.25 bits per heavy atom. The maximum absolute atomic E-state index is 12.0. The van der Waals surface area contributed by atoms with Crippen LogP contribution in [0, 0.1) is 0 Å². The number of hydrogen-bond donors (Lipinski definition) is 4. The number of carboxylic acids is 1. The lowest BCUT2D eigenvalue weighted by Gasteiger charge is -2.47. The van der Waals surface area contributed by atoms with Crippen LogP contribution in [0.4, 0.5) is 10.6 Å². The zero-order valence-electron chi connectivity index (χ0n) is 14.6. The van der Waals surface area contributed by atoms with Gasteiger partial charge in [0.25, 0.3) is 6.47 Å². The summed E-state index contributed by atoms with van der Waals surface area (Å²) in [7, 11) is 0. The summed E-state index contributed by atoms with van der Waals surface area (Å²) in [5.41, 5.74) is 11.3. The van der Waals surface area contributed by atoms with E-state index in [-0.39, 0.29) is 30.8 Å². The number of carbonyl (C=O) groups excluding carboxylic acids is 3. The molecule has 2 aliphatic heterocycles. The van der Waals surface area contributed by atoms with E-state index in [9.17, 15) is 24.3 Å². The second kappa shape index (κ2) is 7.90. The van der Waals surface area contributed by atoms with Crippen LogP contribution in [0.25, 0.3) is 0 Å². The Labute approximate surface area is 163 Å². The normalized spacial score (nSPS) is 21.0. The molecule has 2 atom stereocenters. The van der Waals surface area contributed by atoms with E-state index in [0.717, 1.165) is 0 Å². The molecule has 0 unspecified atom stereocenters. The van der Waals surface area contributed by atoms with Gasteiger partial charge in [-0.25, -0.2) is 9.59 Å². The molecule has 0 radical (unpaired) electrons. The van der Waals surface area contributed by atoms with Crippen LogP contribution in [-0.2, 0) is 32.2 Å². The van der Waals surface area contributed by atoms with Crippen LogP contribution < -0.4 is 21.5 Å². The van der Waals surface area contributed by atoms with Gasteiger partial charge in [-0.3, -0.25) is 19.8 Å². The molecule has 150 valence electrons. The Bertz CT molecular complexity index is 867. The Morgan fingerprint density at radius 3 is 2.89 bits per heavy atom. The van der Waals surface area contributed by atoms with Crippen molar-refractivity contribution >= 4 is 42.0 Å². The molecular formula is C15H19N6O6S+. The predicted octanol–water partition coefficient (Wildman–Crippen LogP) is -1.98. The Hall–Kier alpha value is -3.06. The minimum absolute atomic E-state index is 0.0345. The fourth-order valence-corrected chi connectivity index (χ4v) is 4.45. The van der Waals surface area contributed by atoms with Crippen molar-refractivity contribution in [2.75, 3.05) is 17.7 Å². The van der Waals surface area contributed by atoms with Gasteiger partial charge in [-0.15, -0.1) is 21.1 Å². The second-order valence-electron chi connectivity index (χ2n) is 6.07. The highest BCUT2D eigenvalue weighted by Gasteiger charge is 2.52. The van der Waals surface area contributed by atoms with Gasteiger partial charge in [-0.05, 0) is 0 Å². The summed E-state index contributed by atoms with van der Waals surface area (Å²) in [6, 6.07) is 0.101. The van der Waals surface area contributed by atoms with Crippen molar-refractivity contribution in [2.24, 2.45) is 11.5 Å². The monoisotopic (exact) mass is 411 g/mol. The van der Waals surface area contributed by atoms with E-state index in [4.69, 9.17) is 16.2 Å². The highest BCUT2D eigenvalue weighted by atomic mass is 32.2. The summed E-state index contributed by atoms with van der Waals surface area (Å²) in [5, 5.41) is 11.7. The SMILES string of the molecule is NC(=O)Nc1cc[n+](CC2=C(C(=O)O)N3C(=O)[C@@H](N)[C@H]3SC2)n1CCOC=O. The molecular weight excluding hydrogens is 392 g/mol. The fraction of sp³-hybridized carbons (Fsp3) is 0.400. The Morgan fingerprint density at radius 1 is 1.50 bits per heavy atom. The molecule has 0 bridgehead atoms. The van der Waals surface area contributed by atoms with Gasteiger partial charge >= 0.3 is 12.0 Å². The number of anilines is 1. The van der Waals surface area contributed by atoms with E-state index >= 15 is 0 Å². The van der Waals surface area contributed by atoms with Gasteiger partial charge < -0.3 is 21.3 Å². The average molecular weight is 411 g/mol. The Kier molecular flexibility index (Phi) is 5.56. The average Bonchev–Trinajstić information content (AvgIpc) is 3.01. The number of carboxylic acid groups (broad SMARTS) is 1. The van der Waals surface area contributed by atoms with E-state index in [1.54, 1.807) is 21.6 Å². The number of urea groups is 1. The number of fused-ring (bicyclic) bond motifs is 1. The number of hydrogen-bond acceptors (Lipinski definition) is 7. The lowest BCUT2D eigenvalue weighted by molar-refractivity contribution is -0.767. The summed E-state index contributed by atoms with van der Waals surface area (Å²) in [4.78, 5) is 46.6. The molecule has 1 aromatic rings. The predicted molar refractivity (Wildman–Crippen MR) is 95.6 cm³/mol. The first-order valence-electron chi connectivity index (χ1n) is 8.21. The number of amides is 3. The van der Waals surface area contributed by atoms with Crippen LogP contribution in [-0.4, -0.2) is 62.8 Å². The number of primary amides is 1. The molecule has 0 spiro atoms. The summed E-state index contributed by atoms with van der Waals surface area (Å²) >= 11 is 1.39. The minimum Gasteiger partial charge on any atom is -0.477 e. The third-order valence-corrected chi connectivity index (χ3v) is 5.74. The summed E-state index contributed by atoms with van der Waals surface area (Å²) < 4.78 is 7.93. The molecule has 6 N–H and O–H groups in total. The minimum atomic E-state index is -1.21. The van der Waals surface area contributed by atoms with Crippen molar-refractivity contribution < 1.29 is 33.7 Å². The molecule has 13 heteroatoms. The molecule has 12 nitrogen and oxygen atoms in total. The van der Waals surface area contributed by atoms with Gasteiger partial charge in [0.1, 0.15) is 30.3 Å². The molecule has 28 heavy (non-hydrogen) atoms.